The van der Waals surface area contributed by atoms with Gasteiger partial charge in [0.2, 0.25) is 0 Å². The standard InChI is InChI=1S/C24H19F6N5O2/c1-34-20-15-8-14(17(24(28,29)30)9-18(15)33-21(31)16(20)10-32-34)22(36)35-6-7-37-11-19(35)12-2-4-13(5-3-12)23(25,26)27/h2-5,8-10,19H,6-7,11H2,1H3,(H2,31,33)/t19-/m1/s1. The van der Waals surface area contributed by atoms with Gasteiger partial charge < -0.3 is 15.4 Å². The molecular formula is C24H19F6N5O2. The molecule has 2 aromatic carbocycles. The molecule has 7 nitrogen and oxygen atoms in total. The number of aryl methyl sites for hydroxylation is 1. The Morgan fingerprint density at radius 1 is 1.05 bits per heavy atom. The summed E-state index contributed by atoms with van der Waals surface area (Å²) in [5.74, 6) is -0.937. The lowest BCUT2D eigenvalue weighted by Crippen LogP contribution is -2.44. The first kappa shape index (κ1) is 24.8. The Hall–Kier alpha value is -3.87. The second kappa shape index (κ2) is 8.61. The highest BCUT2D eigenvalue weighted by molar-refractivity contribution is 6.10. The Morgan fingerprint density at radius 3 is 2.41 bits per heavy atom. The topological polar surface area (TPSA) is 86.3 Å². The van der Waals surface area contributed by atoms with Gasteiger partial charge >= 0.3 is 12.4 Å². The molecule has 0 saturated carbocycles. The van der Waals surface area contributed by atoms with E-state index in [0.29, 0.717) is 16.5 Å². The number of carbonyl (C=O) groups is 1. The molecule has 13 heteroatoms. The van der Waals surface area contributed by atoms with Gasteiger partial charge in [0.05, 0.1) is 58.6 Å². The second-order valence-electron chi connectivity index (χ2n) is 8.65. The molecule has 0 bridgehead atoms. The summed E-state index contributed by atoms with van der Waals surface area (Å²) in [4.78, 5) is 18.9. The summed E-state index contributed by atoms with van der Waals surface area (Å²) in [6.07, 6.45) is -8.02. The first-order valence-electron chi connectivity index (χ1n) is 11.0. The summed E-state index contributed by atoms with van der Waals surface area (Å²) < 4.78 is 88.2. The number of pyridine rings is 1. The van der Waals surface area contributed by atoms with Gasteiger partial charge in [0, 0.05) is 19.0 Å². The van der Waals surface area contributed by atoms with Crippen LogP contribution in [0, 0.1) is 0 Å². The molecule has 1 saturated heterocycles. The van der Waals surface area contributed by atoms with Crippen molar-refractivity contribution >= 4 is 33.5 Å². The van der Waals surface area contributed by atoms with E-state index >= 15 is 0 Å². The summed E-state index contributed by atoms with van der Waals surface area (Å²) in [5.41, 5.74) is 3.88. The van der Waals surface area contributed by atoms with Gasteiger partial charge in [-0.1, -0.05) is 12.1 Å². The number of halogens is 6. The largest absolute Gasteiger partial charge is 0.417 e. The molecule has 0 radical (unpaired) electrons. The molecule has 1 aliphatic heterocycles. The Kier molecular flexibility index (Phi) is 5.77. The maximum atomic E-state index is 14.1. The number of alkyl halides is 6. The van der Waals surface area contributed by atoms with E-state index in [2.05, 4.69) is 10.1 Å². The third-order valence-corrected chi connectivity index (χ3v) is 6.39. The van der Waals surface area contributed by atoms with Crippen LogP contribution < -0.4 is 5.73 Å². The normalized spacial score (nSPS) is 17.1. The Morgan fingerprint density at radius 2 is 1.76 bits per heavy atom. The summed E-state index contributed by atoms with van der Waals surface area (Å²) in [6.45, 7) is -0.0844. The summed E-state index contributed by atoms with van der Waals surface area (Å²) in [7, 11) is 1.59. The van der Waals surface area contributed by atoms with E-state index in [9.17, 15) is 31.1 Å². The van der Waals surface area contributed by atoms with Crippen LogP contribution in [0.25, 0.3) is 21.8 Å². The van der Waals surface area contributed by atoms with E-state index in [1.807, 2.05) is 0 Å². The fourth-order valence-electron chi connectivity index (χ4n) is 4.59. The van der Waals surface area contributed by atoms with Crippen LogP contribution in [-0.4, -0.2) is 45.3 Å². The number of ether oxygens (including phenoxy) is 1. The molecule has 0 aliphatic carbocycles. The van der Waals surface area contributed by atoms with Crippen LogP contribution in [0.15, 0.2) is 42.6 Å². The first-order valence-corrected chi connectivity index (χ1v) is 11.0. The minimum Gasteiger partial charge on any atom is -0.383 e. The minimum absolute atomic E-state index is 0.00153. The highest BCUT2D eigenvalue weighted by Gasteiger charge is 2.39. The number of benzene rings is 2. The van der Waals surface area contributed by atoms with Gasteiger partial charge in [-0.15, -0.1) is 0 Å². The van der Waals surface area contributed by atoms with Crippen LogP contribution in [0.1, 0.15) is 33.1 Å². The minimum atomic E-state index is -4.90. The zero-order valence-corrected chi connectivity index (χ0v) is 19.2. The van der Waals surface area contributed by atoms with Crippen molar-refractivity contribution in [3.63, 3.8) is 0 Å². The van der Waals surface area contributed by atoms with Crippen LogP contribution in [0.4, 0.5) is 32.2 Å². The van der Waals surface area contributed by atoms with Crippen molar-refractivity contribution in [2.24, 2.45) is 7.05 Å². The van der Waals surface area contributed by atoms with Crippen LogP contribution in [0.2, 0.25) is 0 Å². The van der Waals surface area contributed by atoms with Gasteiger partial charge in [0.15, 0.2) is 0 Å². The molecule has 1 atom stereocenters. The van der Waals surface area contributed by atoms with Gasteiger partial charge in [-0.25, -0.2) is 4.98 Å². The lowest BCUT2D eigenvalue weighted by atomic mass is 9.98. The average Bonchev–Trinajstić information content (AvgIpc) is 3.24. The maximum absolute atomic E-state index is 14.1. The SMILES string of the molecule is Cn1ncc2c(N)nc3cc(C(F)(F)F)c(C(=O)N4CCOC[C@@H]4c4ccc(C(F)(F)F)cc4)cc3c21. The highest BCUT2D eigenvalue weighted by Crippen LogP contribution is 2.39. The molecule has 0 spiro atoms. The van der Waals surface area contributed by atoms with E-state index in [4.69, 9.17) is 10.5 Å². The predicted octanol–water partition coefficient (Wildman–Crippen LogP) is 4.96. The van der Waals surface area contributed by atoms with Gasteiger partial charge in [0.1, 0.15) is 5.82 Å². The van der Waals surface area contributed by atoms with Crippen LogP contribution in [0.5, 0.6) is 0 Å². The van der Waals surface area contributed by atoms with Crippen LogP contribution in [0.3, 0.4) is 0 Å². The summed E-state index contributed by atoms with van der Waals surface area (Å²) in [5, 5.41) is 4.77. The number of hydrogen-bond acceptors (Lipinski definition) is 5. The first-order chi connectivity index (χ1) is 17.4. The molecule has 3 heterocycles. The van der Waals surface area contributed by atoms with E-state index in [1.54, 1.807) is 7.05 Å². The smallest absolute Gasteiger partial charge is 0.383 e. The van der Waals surface area contributed by atoms with Crippen molar-refractivity contribution in [3.8, 4) is 0 Å². The molecule has 2 aromatic heterocycles. The fourth-order valence-corrected chi connectivity index (χ4v) is 4.59. The summed E-state index contributed by atoms with van der Waals surface area (Å²) in [6, 6.07) is 5.12. The van der Waals surface area contributed by atoms with Crippen molar-refractivity contribution in [3.05, 3.63) is 64.8 Å². The van der Waals surface area contributed by atoms with Crippen molar-refractivity contribution < 1.29 is 35.9 Å². The van der Waals surface area contributed by atoms with Crippen molar-refractivity contribution in [2.45, 2.75) is 18.4 Å². The summed E-state index contributed by atoms with van der Waals surface area (Å²) >= 11 is 0. The van der Waals surface area contributed by atoms with Crippen molar-refractivity contribution in [2.75, 3.05) is 25.5 Å². The van der Waals surface area contributed by atoms with E-state index in [0.717, 1.165) is 24.3 Å². The molecule has 5 rings (SSSR count). The lowest BCUT2D eigenvalue weighted by molar-refractivity contribution is -0.138. The number of hydrogen-bond donors (Lipinski definition) is 1. The van der Waals surface area contributed by atoms with Gasteiger partial charge in [-0.3, -0.25) is 9.48 Å². The van der Waals surface area contributed by atoms with E-state index in [1.165, 1.54) is 27.9 Å². The number of carbonyl (C=O) groups excluding carboxylic acids is 1. The zero-order chi connectivity index (χ0) is 26.7. The van der Waals surface area contributed by atoms with Gasteiger partial charge in [-0.05, 0) is 29.8 Å². The molecule has 1 aliphatic rings. The van der Waals surface area contributed by atoms with Gasteiger partial charge in [0.25, 0.3) is 5.91 Å². The molecule has 194 valence electrons. The van der Waals surface area contributed by atoms with E-state index in [-0.39, 0.29) is 36.5 Å². The highest BCUT2D eigenvalue weighted by atomic mass is 19.4. The third kappa shape index (κ3) is 4.32. The quantitative estimate of drug-likeness (QED) is 0.376. The number of anilines is 1. The number of amides is 1. The second-order valence-corrected chi connectivity index (χ2v) is 8.65. The average molecular weight is 523 g/mol. The van der Waals surface area contributed by atoms with Crippen LogP contribution >= 0.6 is 0 Å². The number of rotatable bonds is 2. The fraction of sp³-hybridized carbons (Fsp3) is 0.292. The van der Waals surface area contributed by atoms with Gasteiger partial charge in [-0.2, -0.15) is 31.4 Å². The van der Waals surface area contributed by atoms with E-state index < -0.39 is 41.0 Å². The predicted molar refractivity (Wildman–Crippen MR) is 121 cm³/mol. The van der Waals surface area contributed by atoms with Crippen LogP contribution in [-0.2, 0) is 24.1 Å². The van der Waals surface area contributed by atoms with Crippen molar-refractivity contribution in [1.82, 2.24) is 19.7 Å². The molecular weight excluding hydrogens is 504 g/mol. The molecule has 2 N–H and O–H groups in total. The molecule has 4 aromatic rings. The molecule has 1 amide bonds. The Bertz CT molecular complexity index is 1510. The molecule has 0 unspecified atom stereocenters. The van der Waals surface area contributed by atoms with Crippen molar-refractivity contribution in [1.29, 1.82) is 0 Å². The number of nitrogens with zero attached hydrogens (tertiary/aromatic N) is 4. The maximum Gasteiger partial charge on any atom is 0.417 e. The number of nitrogens with two attached hydrogens (primary N) is 1. The number of nitrogen functional groups attached to an aromatic ring is 1. The third-order valence-electron chi connectivity index (χ3n) is 6.39. The Labute approximate surface area is 205 Å². The lowest BCUT2D eigenvalue weighted by Gasteiger charge is -2.36. The number of aromatic nitrogens is 3. The molecule has 1 fully saturated rings. The number of morpholine rings is 1. The zero-order valence-electron chi connectivity index (χ0n) is 19.2. The number of fused-ring (bicyclic) bond motifs is 3. The molecule has 37 heavy (non-hydrogen) atoms. The monoisotopic (exact) mass is 523 g/mol. The Balaban J connectivity index is 1.64.